The molecule has 2 N–H and O–H groups in total. The van der Waals surface area contributed by atoms with Gasteiger partial charge >= 0.3 is 0 Å². The highest BCUT2D eigenvalue weighted by Gasteiger charge is 2.29. The zero-order valence-electron chi connectivity index (χ0n) is 17.0. The van der Waals surface area contributed by atoms with Crippen molar-refractivity contribution in [1.82, 2.24) is 5.32 Å². The van der Waals surface area contributed by atoms with Crippen molar-refractivity contribution < 1.29 is 14.1 Å². The van der Waals surface area contributed by atoms with Crippen molar-refractivity contribution in [3.05, 3.63) is 89.4 Å². The van der Waals surface area contributed by atoms with Crippen LogP contribution in [0.4, 0.5) is 5.69 Å². The van der Waals surface area contributed by atoms with E-state index < -0.39 is 0 Å². The summed E-state index contributed by atoms with van der Waals surface area (Å²) in [5.74, 6) is 0.187. The molecule has 0 bridgehead atoms. The van der Waals surface area contributed by atoms with Crippen molar-refractivity contribution in [3.8, 4) is 0 Å². The number of hydrogen-bond acceptors (Lipinski definition) is 3. The van der Waals surface area contributed by atoms with E-state index in [0.29, 0.717) is 12.3 Å². The van der Waals surface area contributed by atoms with E-state index in [2.05, 4.69) is 58.7 Å². The Morgan fingerprint density at radius 2 is 1.83 bits per heavy atom. The van der Waals surface area contributed by atoms with Gasteiger partial charge in [0.15, 0.2) is 5.76 Å². The lowest BCUT2D eigenvalue weighted by atomic mass is 9.96. The van der Waals surface area contributed by atoms with Crippen molar-refractivity contribution >= 4 is 11.6 Å². The molecule has 0 saturated carbocycles. The highest BCUT2D eigenvalue weighted by atomic mass is 16.3. The summed E-state index contributed by atoms with van der Waals surface area (Å²) in [6.45, 7) is 2.58. The van der Waals surface area contributed by atoms with Crippen LogP contribution in [0, 0.1) is 0 Å². The average molecular weight is 391 g/mol. The summed E-state index contributed by atoms with van der Waals surface area (Å²) in [4.78, 5) is 16.0. The average Bonchev–Trinajstić information content (AvgIpc) is 3.29. The van der Waals surface area contributed by atoms with Gasteiger partial charge in [-0.25, -0.2) is 0 Å². The molecule has 150 valence electrons. The molecule has 1 unspecified atom stereocenters. The van der Waals surface area contributed by atoms with Crippen LogP contribution in [0.25, 0.3) is 0 Å². The molecule has 0 aliphatic carbocycles. The number of carbonyl (C=O) groups is 1. The number of benzene rings is 2. The Labute approximate surface area is 171 Å². The van der Waals surface area contributed by atoms with Crippen molar-refractivity contribution in [3.63, 3.8) is 0 Å². The highest BCUT2D eigenvalue weighted by Crippen LogP contribution is 2.18. The smallest absolute Gasteiger partial charge is 0.287 e. The van der Waals surface area contributed by atoms with Crippen LogP contribution in [0.5, 0.6) is 0 Å². The molecule has 2 atom stereocenters. The van der Waals surface area contributed by atoms with Crippen molar-refractivity contribution in [2.24, 2.45) is 0 Å². The van der Waals surface area contributed by atoms with E-state index in [1.54, 1.807) is 12.1 Å². The Kier molecular flexibility index (Phi) is 5.67. The third-order valence-corrected chi connectivity index (χ3v) is 5.77. The first-order valence-corrected chi connectivity index (χ1v) is 10.1. The lowest BCUT2D eigenvalue weighted by Gasteiger charge is -2.33. The maximum atomic E-state index is 12.4. The Morgan fingerprint density at radius 3 is 2.52 bits per heavy atom. The Bertz CT molecular complexity index is 949. The molecule has 1 aliphatic heterocycles. The summed E-state index contributed by atoms with van der Waals surface area (Å²) in [5, 5.41) is 3.08. The Balaban J connectivity index is 1.56. The molecule has 0 fully saturated rings. The molecule has 0 spiro atoms. The van der Waals surface area contributed by atoms with Gasteiger partial charge in [0, 0.05) is 37.3 Å². The summed E-state index contributed by atoms with van der Waals surface area (Å²) in [6, 6.07) is 21.0. The number of quaternary nitrogens is 1. The monoisotopic (exact) mass is 390 g/mol. The third kappa shape index (κ3) is 4.35. The SMILES string of the molecule is CN(C)c1ccc([C@@H](CNC(=O)c2ccco2)[NH+]2CCc3ccccc3C2)cc1. The standard InChI is InChI=1S/C24H27N3O2/c1-26(2)21-11-9-19(10-12-21)22(16-25-24(28)23-8-5-15-29-23)27-14-13-18-6-3-4-7-20(18)17-27/h3-12,15,22H,13-14,16-17H2,1-2H3,(H,25,28)/p+1/t22-/m1/s1. The van der Waals surface area contributed by atoms with Crippen LogP contribution >= 0.6 is 0 Å². The second kappa shape index (κ2) is 8.53. The number of carbonyl (C=O) groups excluding carboxylic acids is 1. The minimum Gasteiger partial charge on any atom is -0.459 e. The van der Waals surface area contributed by atoms with Gasteiger partial charge in [0.05, 0.1) is 19.4 Å². The van der Waals surface area contributed by atoms with E-state index in [1.807, 2.05) is 14.1 Å². The van der Waals surface area contributed by atoms with Crippen LogP contribution in [-0.4, -0.2) is 33.1 Å². The maximum Gasteiger partial charge on any atom is 0.287 e. The Morgan fingerprint density at radius 1 is 1.07 bits per heavy atom. The Hall–Kier alpha value is -3.05. The van der Waals surface area contributed by atoms with Crippen LogP contribution in [0.15, 0.2) is 71.3 Å². The van der Waals surface area contributed by atoms with Crippen molar-refractivity contribution in [1.29, 1.82) is 0 Å². The molecule has 29 heavy (non-hydrogen) atoms. The quantitative estimate of drug-likeness (QED) is 0.680. The topological polar surface area (TPSA) is 49.9 Å². The lowest BCUT2D eigenvalue weighted by molar-refractivity contribution is -0.945. The summed E-state index contributed by atoms with van der Waals surface area (Å²) in [5.41, 5.74) is 5.26. The van der Waals surface area contributed by atoms with Gasteiger partial charge in [0.1, 0.15) is 12.6 Å². The molecule has 2 aromatic carbocycles. The minimum atomic E-state index is -0.165. The lowest BCUT2D eigenvalue weighted by Crippen LogP contribution is -3.12. The number of nitrogens with one attached hydrogen (secondary N) is 2. The molecule has 0 saturated heterocycles. The molecule has 5 heteroatoms. The van der Waals surface area contributed by atoms with Crippen LogP contribution < -0.4 is 15.1 Å². The van der Waals surface area contributed by atoms with Gasteiger partial charge in [-0.2, -0.15) is 0 Å². The maximum absolute atomic E-state index is 12.4. The molecule has 1 amide bonds. The van der Waals surface area contributed by atoms with Crippen molar-refractivity contribution in [2.45, 2.75) is 19.0 Å². The van der Waals surface area contributed by atoms with Crippen LogP contribution in [0.1, 0.15) is 33.3 Å². The van der Waals surface area contributed by atoms with E-state index >= 15 is 0 Å². The van der Waals surface area contributed by atoms with Gasteiger partial charge in [-0.3, -0.25) is 4.79 Å². The van der Waals surface area contributed by atoms with E-state index in [0.717, 1.165) is 19.5 Å². The van der Waals surface area contributed by atoms with Crippen molar-refractivity contribution in [2.75, 3.05) is 32.1 Å². The fourth-order valence-corrected chi connectivity index (χ4v) is 4.09. The fourth-order valence-electron chi connectivity index (χ4n) is 4.09. The molecule has 4 rings (SSSR count). The van der Waals surface area contributed by atoms with Crippen LogP contribution in [0.2, 0.25) is 0 Å². The number of nitrogens with zero attached hydrogens (tertiary/aromatic N) is 1. The van der Waals surface area contributed by atoms with Gasteiger partial charge in [-0.05, 0) is 29.8 Å². The van der Waals surface area contributed by atoms with Crippen LogP contribution in [-0.2, 0) is 13.0 Å². The second-order valence-electron chi connectivity index (χ2n) is 7.83. The van der Waals surface area contributed by atoms with E-state index in [-0.39, 0.29) is 11.9 Å². The zero-order valence-corrected chi connectivity index (χ0v) is 17.0. The summed E-state index contributed by atoms with van der Waals surface area (Å²) in [7, 11) is 4.09. The number of amides is 1. The number of rotatable bonds is 6. The van der Waals surface area contributed by atoms with Gasteiger partial charge in [0.2, 0.25) is 0 Å². The number of anilines is 1. The fraction of sp³-hybridized carbons (Fsp3) is 0.292. The van der Waals surface area contributed by atoms with E-state index in [9.17, 15) is 4.79 Å². The first kappa shape index (κ1) is 19.3. The van der Waals surface area contributed by atoms with E-state index in [1.165, 1.54) is 33.5 Å². The first-order chi connectivity index (χ1) is 14.1. The molecule has 3 aromatic rings. The summed E-state index contributed by atoms with van der Waals surface area (Å²) < 4.78 is 5.24. The van der Waals surface area contributed by atoms with Gasteiger partial charge in [0.25, 0.3) is 5.91 Å². The normalized spacial score (nSPS) is 16.7. The predicted octanol–water partition coefficient (Wildman–Crippen LogP) is 2.46. The number of fused-ring (bicyclic) bond motifs is 1. The molecule has 2 heterocycles. The third-order valence-electron chi connectivity index (χ3n) is 5.77. The molecule has 1 aromatic heterocycles. The van der Waals surface area contributed by atoms with Gasteiger partial charge in [-0.15, -0.1) is 0 Å². The predicted molar refractivity (Wildman–Crippen MR) is 114 cm³/mol. The largest absolute Gasteiger partial charge is 0.459 e. The number of furan rings is 1. The molecule has 1 aliphatic rings. The summed E-state index contributed by atoms with van der Waals surface area (Å²) in [6.07, 6.45) is 2.59. The number of hydrogen-bond donors (Lipinski definition) is 2. The molecule has 0 radical (unpaired) electrons. The highest BCUT2D eigenvalue weighted by molar-refractivity contribution is 5.91. The molecule has 5 nitrogen and oxygen atoms in total. The van der Waals surface area contributed by atoms with Gasteiger partial charge in [-0.1, -0.05) is 36.4 Å². The molecular formula is C24H28N3O2+. The molecular weight excluding hydrogens is 362 g/mol. The van der Waals surface area contributed by atoms with Gasteiger partial charge < -0.3 is 19.5 Å². The second-order valence-corrected chi connectivity index (χ2v) is 7.83. The van der Waals surface area contributed by atoms with Crippen LogP contribution in [0.3, 0.4) is 0 Å². The van der Waals surface area contributed by atoms with E-state index in [4.69, 9.17) is 4.42 Å². The zero-order chi connectivity index (χ0) is 20.2. The summed E-state index contributed by atoms with van der Waals surface area (Å²) >= 11 is 0. The minimum absolute atomic E-state index is 0.165. The first-order valence-electron chi connectivity index (χ1n) is 10.1.